The fraction of sp³-hybridized carbons (Fsp3) is 0.0667. The molecule has 0 unspecified atom stereocenters. The molecule has 0 radical (unpaired) electrons. The number of hydrazone groups is 1. The van der Waals surface area contributed by atoms with Crippen molar-refractivity contribution in [3.05, 3.63) is 61.5 Å². The second kappa shape index (κ2) is 8.74. The molecule has 2 aromatic heterocycles. The monoisotopic (exact) mass is 457 g/mol. The molecule has 0 spiro atoms. The van der Waals surface area contributed by atoms with Gasteiger partial charge in [0.25, 0.3) is 5.69 Å². The highest BCUT2D eigenvalue weighted by molar-refractivity contribution is 7.99. The van der Waals surface area contributed by atoms with Gasteiger partial charge in [-0.2, -0.15) is 5.10 Å². The second-order valence-corrected chi connectivity index (χ2v) is 7.45. The summed E-state index contributed by atoms with van der Waals surface area (Å²) in [5, 5.41) is 24.1. The number of nitrogens with zero attached hydrogens (tertiary/aromatic N) is 6. The lowest BCUT2D eigenvalue weighted by molar-refractivity contribution is -0.387. The van der Waals surface area contributed by atoms with E-state index in [9.17, 15) is 10.1 Å². The number of hydrogen-bond donors (Lipinski definition) is 1. The third-order valence-electron chi connectivity index (χ3n) is 3.32. The zero-order chi connectivity index (χ0) is 20.3. The zero-order valence-electron chi connectivity index (χ0n) is 14.0. The van der Waals surface area contributed by atoms with Crippen LogP contribution in [-0.4, -0.2) is 30.9 Å². The van der Waals surface area contributed by atoms with E-state index < -0.39 is 4.92 Å². The Morgan fingerprint density at radius 1 is 1.29 bits per heavy atom. The van der Waals surface area contributed by atoms with E-state index in [1.807, 2.05) is 0 Å². The summed E-state index contributed by atoms with van der Waals surface area (Å²) in [4.78, 5) is 15.4. The first kappa shape index (κ1) is 20.3. The molecule has 0 aliphatic heterocycles. The number of pyridine rings is 1. The summed E-state index contributed by atoms with van der Waals surface area (Å²) >= 11 is 18.8. The largest absolute Gasteiger partial charge is 0.311 e. The van der Waals surface area contributed by atoms with Crippen molar-refractivity contribution in [2.24, 2.45) is 12.1 Å². The van der Waals surface area contributed by atoms with E-state index in [0.29, 0.717) is 15.6 Å². The van der Waals surface area contributed by atoms with Gasteiger partial charge in [-0.25, -0.2) is 4.98 Å². The van der Waals surface area contributed by atoms with Gasteiger partial charge in [0.15, 0.2) is 11.0 Å². The van der Waals surface area contributed by atoms with Crippen LogP contribution >= 0.6 is 46.6 Å². The third kappa shape index (κ3) is 4.71. The number of hydrogen-bond acceptors (Lipinski definition) is 8. The van der Waals surface area contributed by atoms with Gasteiger partial charge in [-0.15, -0.1) is 10.2 Å². The van der Waals surface area contributed by atoms with Crippen molar-refractivity contribution >= 4 is 64.3 Å². The van der Waals surface area contributed by atoms with Crippen molar-refractivity contribution in [3.63, 3.8) is 0 Å². The molecule has 0 bridgehead atoms. The van der Waals surface area contributed by atoms with E-state index in [0.717, 1.165) is 11.8 Å². The quantitative estimate of drug-likeness (QED) is 0.247. The average molecular weight is 459 g/mol. The number of benzene rings is 1. The maximum absolute atomic E-state index is 11.4. The van der Waals surface area contributed by atoms with E-state index in [1.165, 1.54) is 24.7 Å². The zero-order valence-corrected chi connectivity index (χ0v) is 17.1. The summed E-state index contributed by atoms with van der Waals surface area (Å²) in [6, 6.07) is 6.12. The normalized spacial score (nSPS) is 11.1. The lowest BCUT2D eigenvalue weighted by Crippen LogP contribution is -1.97. The van der Waals surface area contributed by atoms with Crippen molar-refractivity contribution in [1.82, 2.24) is 19.7 Å². The molecular formula is C15H10Cl3N7O2S. The summed E-state index contributed by atoms with van der Waals surface area (Å²) < 4.78 is 1.67. The van der Waals surface area contributed by atoms with Crippen LogP contribution in [0.25, 0.3) is 0 Å². The number of halogens is 3. The number of nitro groups is 1. The predicted octanol–water partition coefficient (Wildman–Crippen LogP) is 4.68. The van der Waals surface area contributed by atoms with Crippen LogP contribution in [0.3, 0.4) is 0 Å². The minimum Gasteiger partial charge on any atom is -0.311 e. The predicted molar refractivity (Wildman–Crippen MR) is 109 cm³/mol. The highest BCUT2D eigenvalue weighted by Crippen LogP contribution is 2.34. The molecule has 2 heterocycles. The maximum Gasteiger partial charge on any atom is 0.283 e. The van der Waals surface area contributed by atoms with Crippen molar-refractivity contribution in [1.29, 1.82) is 0 Å². The van der Waals surface area contributed by atoms with Crippen LogP contribution in [0.2, 0.25) is 15.2 Å². The Morgan fingerprint density at radius 2 is 2.07 bits per heavy atom. The summed E-state index contributed by atoms with van der Waals surface area (Å²) in [5.74, 6) is 0.205. The number of anilines is 1. The molecule has 0 atom stereocenters. The third-order valence-corrected chi connectivity index (χ3v) is 5.40. The van der Waals surface area contributed by atoms with Gasteiger partial charge in [0.2, 0.25) is 0 Å². The molecule has 3 rings (SSSR count). The van der Waals surface area contributed by atoms with Crippen LogP contribution in [0.1, 0.15) is 5.56 Å². The molecule has 1 N–H and O–H groups in total. The van der Waals surface area contributed by atoms with Gasteiger partial charge in [0.05, 0.1) is 26.1 Å². The first-order valence-corrected chi connectivity index (χ1v) is 9.41. The van der Waals surface area contributed by atoms with Crippen LogP contribution < -0.4 is 5.43 Å². The van der Waals surface area contributed by atoms with Crippen LogP contribution in [0.4, 0.5) is 11.5 Å². The lowest BCUT2D eigenvalue weighted by atomic mass is 10.2. The molecule has 0 aliphatic rings. The Morgan fingerprint density at radius 3 is 2.75 bits per heavy atom. The Bertz CT molecular complexity index is 1070. The molecule has 1 aromatic carbocycles. The molecule has 0 saturated heterocycles. The molecule has 0 amide bonds. The summed E-state index contributed by atoms with van der Waals surface area (Å²) in [6.45, 7) is 0. The first-order chi connectivity index (χ1) is 13.3. The van der Waals surface area contributed by atoms with E-state index in [4.69, 9.17) is 34.8 Å². The van der Waals surface area contributed by atoms with Gasteiger partial charge in [-0.05, 0) is 23.9 Å². The smallest absolute Gasteiger partial charge is 0.283 e. The maximum atomic E-state index is 11.4. The van der Waals surface area contributed by atoms with E-state index >= 15 is 0 Å². The van der Waals surface area contributed by atoms with Crippen molar-refractivity contribution in [2.45, 2.75) is 10.1 Å². The molecule has 144 valence electrons. The van der Waals surface area contributed by atoms with Crippen molar-refractivity contribution in [2.75, 3.05) is 5.43 Å². The topological polar surface area (TPSA) is 111 Å². The molecule has 13 heteroatoms. The molecule has 3 aromatic rings. The van der Waals surface area contributed by atoms with Crippen molar-refractivity contribution in [3.8, 4) is 0 Å². The Kier molecular flexibility index (Phi) is 6.35. The van der Waals surface area contributed by atoms with E-state index in [1.54, 1.807) is 23.7 Å². The van der Waals surface area contributed by atoms with Gasteiger partial charge >= 0.3 is 0 Å². The molecule has 0 aliphatic carbocycles. The van der Waals surface area contributed by atoms with Gasteiger partial charge in [0, 0.05) is 18.7 Å². The standard InChI is InChI=1S/C15H10Cl3N7O2S/c1-24-7-20-23-15(24)28-12-3-2-8(4-11(12)25(26)27)6-19-22-14-10(17)5-9(16)13(18)21-14/h2-7H,1H3,(H,21,22)/b19-6-. The number of rotatable bonds is 6. The van der Waals surface area contributed by atoms with Crippen LogP contribution in [0.15, 0.2) is 45.7 Å². The van der Waals surface area contributed by atoms with Crippen LogP contribution in [0.5, 0.6) is 0 Å². The Labute approximate surface area is 177 Å². The molecule has 0 saturated carbocycles. The Hall–Kier alpha value is -2.40. The highest BCUT2D eigenvalue weighted by atomic mass is 35.5. The van der Waals surface area contributed by atoms with Gasteiger partial charge in [0.1, 0.15) is 11.5 Å². The number of aromatic nitrogens is 4. The summed E-state index contributed by atoms with van der Waals surface area (Å²) in [7, 11) is 1.75. The van der Waals surface area contributed by atoms with Gasteiger partial charge < -0.3 is 4.57 Å². The summed E-state index contributed by atoms with van der Waals surface area (Å²) in [6.07, 6.45) is 2.91. The molecule has 0 fully saturated rings. The minimum absolute atomic E-state index is 0.0737. The Balaban J connectivity index is 1.80. The van der Waals surface area contributed by atoms with E-state index in [-0.39, 0.29) is 26.7 Å². The highest BCUT2D eigenvalue weighted by Gasteiger charge is 2.17. The first-order valence-electron chi connectivity index (χ1n) is 7.46. The summed E-state index contributed by atoms with van der Waals surface area (Å²) in [5.41, 5.74) is 3.04. The van der Waals surface area contributed by atoms with Crippen LogP contribution in [-0.2, 0) is 7.05 Å². The number of nitro benzene ring substituents is 1. The number of aryl methyl sites for hydroxylation is 1. The SMILES string of the molecule is Cn1cnnc1Sc1ccc(/C=N\Nc2nc(Cl)c(Cl)cc2Cl)cc1[N+](=O)[O-]. The minimum atomic E-state index is -0.471. The molecule has 28 heavy (non-hydrogen) atoms. The molecule has 9 nitrogen and oxygen atoms in total. The average Bonchev–Trinajstić information content (AvgIpc) is 3.05. The number of nitrogens with one attached hydrogen (secondary N) is 1. The lowest BCUT2D eigenvalue weighted by Gasteiger charge is -2.05. The van der Waals surface area contributed by atoms with Crippen molar-refractivity contribution < 1.29 is 4.92 Å². The van der Waals surface area contributed by atoms with Crippen LogP contribution in [0, 0.1) is 10.1 Å². The van der Waals surface area contributed by atoms with Gasteiger partial charge in [-0.3, -0.25) is 15.5 Å². The van der Waals surface area contributed by atoms with Gasteiger partial charge in [-0.1, -0.05) is 40.9 Å². The molecular weight excluding hydrogens is 449 g/mol. The fourth-order valence-electron chi connectivity index (χ4n) is 2.00. The fourth-order valence-corrected chi connectivity index (χ4v) is 3.39. The van der Waals surface area contributed by atoms with E-state index in [2.05, 4.69) is 25.7 Å². The second-order valence-electron chi connectivity index (χ2n) is 5.27.